The Hall–Kier alpha value is -0.510. The minimum atomic E-state index is 0.613. The number of aryl methyl sites for hydroxylation is 1. The van der Waals surface area contributed by atoms with Crippen LogP contribution in [0.2, 0.25) is 5.02 Å². The molecule has 0 saturated heterocycles. The van der Waals surface area contributed by atoms with E-state index in [9.17, 15) is 0 Å². The van der Waals surface area contributed by atoms with E-state index in [1.54, 1.807) is 6.20 Å². The van der Waals surface area contributed by atoms with Gasteiger partial charge in [0.1, 0.15) is 0 Å². The molecule has 17 heavy (non-hydrogen) atoms. The summed E-state index contributed by atoms with van der Waals surface area (Å²) >= 11 is 15.0. The fourth-order valence-corrected chi connectivity index (χ4v) is 1.99. The molecule has 0 amide bonds. The minimum absolute atomic E-state index is 0.613. The Morgan fingerprint density at radius 1 is 1.35 bits per heavy atom. The summed E-state index contributed by atoms with van der Waals surface area (Å²) in [7, 11) is 0. The number of alkyl halides is 1. The highest BCUT2D eigenvalue weighted by Gasteiger charge is 2.07. The lowest BCUT2D eigenvalue weighted by atomic mass is 10.2. The van der Waals surface area contributed by atoms with Crippen molar-refractivity contribution in [3.63, 3.8) is 0 Å². The van der Waals surface area contributed by atoms with E-state index in [0.29, 0.717) is 16.8 Å². The predicted octanol–water partition coefficient (Wildman–Crippen LogP) is 4.93. The molecule has 0 aliphatic carbocycles. The van der Waals surface area contributed by atoms with E-state index in [4.69, 9.17) is 27.6 Å². The van der Waals surface area contributed by atoms with Gasteiger partial charge in [-0.2, -0.15) is 0 Å². The molecule has 2 rings (SSSR count). The molecule has 2 aromatic rings. The van der Waals surface area contributed by atoms with E-state index in [1.807, 2.05) is 18.2 Å². The van der Waals surface area contributed by atoms with E-state index >= 15 is 0 Å². The van der Waals surface area contributed by atoms with Gasteiger partial charge in [0.25, 0.3) is 0 Å². The summed E-state index contributed by atoms with van der Waals surface area (Å²) in [5, 5.41) is 0.654. The van der Waals surface area contributed by atoms with Gasteiger partial charge >= 0.3 is 0 Å². The van der Waals surface area contributed by atoms with Crippen LogP contribution >= 0.6 is 39.1 Å². The molecular weight excluding hydrogens is 325 g/mol. The van der Waals surface area contributed by atoms with Gasteiger partial charge in [-0.05, 0) is 40.5 Å². The number of aromatic nitrogens is 1. The first-order valence-electron chi connectivity index (χ1n) is 5.17. The Bertz CT molecular complexity index is 513. The molecule has 0 N–H and O–H groups in total. The summed E-state index contributed by atoms with van der Waals surface area (Å²) in [6.45, 7) is 0. The number of rotatable bonds is 4. The van der Waals surface area contributed by atoms with Crippen molar-refractivity contribution in [2.75, 3.05) is 5.88 Å². The van der Waals surface area contributed by atoms with E-state index in [-0.39, 0.29) is 0 Å². The lowest BCUT2D eigenvalue weighted by Gasteiger charge is -1.99. The Kier molecular flexibility index (Phi) is 4.48. The Balaban J connectivity index is 2.21. The third-order valence-corrected chi connectivity index (χ3v) is 3.78. The van der Waals surface area contributed by atoms with Crippen LogP contribution in [0.25, 0.3) is 11.3 Å². The largest absolute Gasteiger partial charge is 0.441 e. The molecule has 0 aliphatic rings. The molecule has 0 radical (unpaired) electrons. The summed E-state index contributed by atoms with van der Waals surface area (Å²) in [5.41, 5.74) is 0.919. The quantitative estimate of drug-likeness (QED) is 0.741. The molecule has 1 heterocycles. The predicted molar refractivity (Wildman–Crippen MR) is 73.7 cm³/mol. The molecule has 2 nitrogen and oxygen atoms in total. The summed E-state index contributed by atoms with van der Waals surface area (Å²) in [6, 6.07) is 5.66. The van der Waals surface area contributed by atoms with Crippen LogP contribution in [-0.4, -0.2) is 10.9 Å². The normalized spacial score (nSPS) is 10.8. The second-order valence-corrected chi connectivity index (χ2v) is 5.18. The van der Waals surface area contributed by atoms with Crippen LogP contribution in [0.15, 0.2) is 33.3 Å². The highest BCUT2D eigenvalue weighted by atomic mass is 79.9. The number of hydrogen-bond acceptors (Lipinski definition) is 2. The fourth-order valence-electron chi connectivity index (χ4n) is 1.43. The maximum absolute atomic E-state index is 6.03. The summed E-state index contributed by atoms with van der Waals surface area (Å²) in [6.07, 6.45) is 3.33. The first kappa shape index (κ1) is 12.9. The second kappa shape index (κ2) is 5.89. The van der Waals surface area contributed by atoms with Crippen molar-refractivity contribution >= 4 is 39.1 Å². The van der Waals surface area contributed by atoms with Gasteiger partial charge in [0.2, 0.25) is 0 Å². The van der Waals surface area contributed by atoms with Crippen molar-refractivity contribution in [3.8, 4) is 11.3 Å². The lowest BCUT2D eigenvalue weighted by Crippen LogP contribution is -1.84. The maximum atomic E-state index is 6.03. The molecule has 5 heteroatoms. The van der Waals surface area contributed by atoms with E-state index in [0.717, 1.165) is 28.6 Å². The molecule has 1 aromatic carbocycles. The van der Waals surface area contributed by atoms with E-state index in [2.05, 4.69) is 20.9 Å². The van der Waals surface area contributed by atoms with Gasteiger partial charge in [0.05, 0.1) is 11.2 Å². The molecule has 0 aliphatic heterocycles. The van der Waals surface area contributed by atoms with Crippen molar-refractivity contribution in [1.29, 1.82) is 0 Å². The molecule has 0 fully saturated rings. The number of nitrogens with zero attached hydrogens (tertiary/aromatic N) is 1. The van der Waals surface area contributed by atoms with Gasteiger partial charge in [0, 0.05) is 22.3 Å². The zero-order chi connectivity index (χ0) is 12.3. The monoisotopic (exact) mass is 333 g/mol. The van der Waals surface area contributed by atoms with Crippen LogP contribution in [0.4, 0.5) is 0 Å². The van der Waals surface area contributed by atoms with Gasteiger partial charge in [-0.3, -0.25) is 0 Å². The smallest absolute Gasteiger partial charge is 0.194 e. The molecule has 0 spiro atoms. The second-order valence-electron chi connectivity index (χ2n) is 3.54. The van der Waals surface area contributed by atoms with Gasteiger partial charge in [-0.1, -0.05) is 11.6 Å². The van der Waals surface area contributed by atoms with Crippen LogP contribution in [-0.2, 0) is 6.42 Å². The lowest BCUT2D eigenvalue weighted by molar-refractivity contribution is 0.503. The zero-order valence-corrected chi connectivity index (χ0v) is 12.0. The number of hydrogen-bond donors (Lipinski definition) is 0. The Morgan fingerprint density at radius 2 is 2.18 bits per heavy atom. The van der Waals surface area contributed by atoms with Crippen molar-refractivity contribution < 1.29 is 4.42 Å². The number of oxazole rings is 1. The molecule has 0 unspecified atom stereocenters. The van der Waals surface area contributed by atoms with Gasteiger partial charge in [-0.15, -0.1) is 11.6 Å². The van der Waals surface area contributed by atoms with Crippen LogP contribution in [0, 0.1) is 0 Å². The van der Waals surface area contributed by atoms with Crippen LogP contribution in [0.3, 0.4) is 0 Å². The zero-order valence-electron chi connectivity index (χ0n) is 8.92. The first-order chi connectivity index (χ1) is 8.20. The number of benzene rings is 1. The van der Waals surface area contributed by atoms with Crippen molar-refractivity contribution in [2.45, 2.75) is 12.8 Å². The molecule has 1 aromatic heterocycles. The van der Waals surface area contributed by atoms with Gasteiger partial charge in [0.15, 0.2) is 11.7 Å². The van der Waals surface area contributed by atoms with Crippen molar-refractivity contribution in [3.05, 3.63) is 39.8 Å². The molecule has 0 atom stereocenters. The topological polar surface area (TPSA) is 26.0 Å². The Morgan fingerprint density at radius 3 is 2.88 bits per heavy atom. The molecule has 0 bridgehead atoms. The summed E-state index contributed by atoms with van der Waals surface area (Å²) in [4.78, 5) is 4.20. The first-order valence-corrected chi connectivity index (χ1v) is 6.87. The van der Waals surface area contributed by atoms with Gasteiger partial charge < -0.3 is 4.42 Å². The van der Waals surface area contributed by atoms with Crippen molar-refractivity contribution in [2.24, 2.45) is 0 Å². The average molecular weight is 335 g/mol. The number of halogens is 3. The highest BCUT2D eigenvalue weighted by molar-refractivity contribution is 9.10. The minimum Gasteiger partial charge on any atom is -0.441 e. The average Bonchev–Trinajstić information content (AvgIpc) is 2.79. The van der Waals surface area contributed by atoms with Gasteiger partial charge in [-0.25, -0.2) is 4.98 Å². The Labute approximate surface area is 118 Å². The van der Waals surface area contributed by atoms with Crippen molar-refractivity contribution in [1.82, 2.24) is 4.98 Å². The third kappa shape index (κ3) is 3.24. The maximum Gasteiger partial charge on any atom is 0.194 e. The van der Waals surface area contributed by atoms with E-state index in [1.165, 1.54) is 0 Å². The van der Waals surface area contributed by atoms with Crippen LogP contribution in [0.1, 0.15) is 12.3 Å². The fraction of sp³-hybridized carbons (Fsp3) is 0.250. The van der Waals surface area contributed by atoms with Crippen LogP contribution in [0.5, 0.6) is 0 Å². The SMILES string of the molecule is ClCCCc1ncc(-c2ccc(Br)c(Cl)c2)o1. The molecule has 0 saturated carbocycles. The summed E-state index contributed by atoms with van der Waals surface area (Å²) < 4.78 is 6.49. The highest BCUT2D eigenvalue weighted by Crippen LogP contribution is 2.29. The van der Waals surface area contributed by atoms with Crippen LogP contribution < -0.4 is 0 Å². The summed E-state index contributed by atoms with van der Waals surface area (Å²) in [5.74, 6) is 2.05. The molecule has 90 valence electrons. The van der Waals surface area contributed by atoms with E-state index < -0.39 is 0 Å². The standard InChI is InChI=1S/C12H10BrCl2NO/c13-9-4-3-8(6-10(9)15)11-7-16-12(17-11)2-1-5-14/h3-4,6-7H,1-2,5H2. The molecular formula is C12H10BrCl2NO. The third-order valence-electron chi connectivity index (χ3n) is 2.28.